The van der Waals surface area contributed by atoms with Gasteiger partial charge in [-0.1, -0.05) is 36.4 Å². The number of hydrogen-bond donors (Lipinski definition) is 0. The van der Waals surface area contributed by atoms with Crippen LogP contribution in [0.3, 0.4) is 0 Å². The van der Waals surface area contributed by atoms with Crippen molar-refractivity contribution in [2.24, 2.45) is 0 Å². The molecule has 0 radical (unpaired) electrons. The van der Waals surface area contributed by atoms with Crippen molar-refractivity contribution in [2.75, 3.05) is 0 Å². The minimum Gasteiger partial charge on any atom is -0.298 e. The van der Waals surface area contributed by atoms with Crippen LogP contribution in [-0.4, -0.2) is 21.9 Å². The molecule has 0 atom stereocenters. The number of benzene rings is 2. The minimum absolute atomic E-state index is 0.626. The van der Waals surface area contributed by atoms with Gasteiger partial charge in [0.15, 0.2) is 12.6 Å². The van der Waals surface area contributed by atoms with Gasteiger partial charge >= 0.3 is 0 Å². The van der Waals surface area contributed by atoms with Gasteiger partial charge in [0.05, 0.1) is 11.0 Å². The first-order valence-corrected chi connectivity index (χ1v) is 6.94. The maximum Gasteiger partial charge on any atom is 0.152 e. The predicted molar refractivity (Wildman–Crippen MR) is 85.4 cm³/mol. The second-order valence-electron chi connectivity index (χ2n) is 5.13. The average molecular weight is 288 g/mol. The molecule has 0 aliphatic carbocycles. The molecule has 0 amide bonds. The van der Waals surface area contributed by atoms with E-state index in [0.717, 1.165) is 34.4 Å². The van der Waals surface area contributed by atoms with E-state index in [1.165, 1.54) is 0 Å². The first kappa shape index (κ1) is 12.6. The molecule has 0 N–H and O–H groups in total. The van der Waals surface area contributed by atoms with Gasteiger partial charge in [0.25, 0.3) is 0 Å². The van der Waals surface area contributed by atoms with Gasteiger partial charge in [-0.2, -0.15) is 0 Å². The second kappa shape index (κ2) is 4.70. The highest BCUT2D eigenvalue weighted by molar-refractivity contribution is 6.00. The Morgan fingerprint density at radius 3 is 1.45 bits per heavy atom. The lowest BCUT2D eigenvalue weighted by Gasteiger charge is -2.08. The lowest BCUT2D eigenvalue weighted by molar-refractivity contribution is 0.111. The van der Waals surface area contributed by atoms with Gasteiger partial charge in [-0.15, -0.1) is 0 Å². The molecule has 4 aromatic rings. The van der Waals surface area contributed by atoms with Gasteiger partial charge in [-0.25, -0.2) is 0 Å². The van der Waals surface area contributed by atoms with Crippen LogP contribution < -0.4 is 0 Å². The highest BCUT2D eigenvalue weighted by atomic mass is 16.1. The Balaban J connectivity index is 2.12. The molecule has 0 spiro atoms. The fourth-order valence-corrected chi connectivity index (χ4v) is 2.92. The molecule has 4 nitrogen and oxygen atoms in total. The van der Waals surface area contributed by atoms with Crippen LogP contribution in [0.5, 0.6) is 0 Å². The van der Waals surface area contributed by atoms with E-state index >= 15 is 0 Å². The van der Waals surface area contributed by atoms with E-state index in [0.29, 0.717) is 11.1 Å². The van der Waals surface area contributed by atoms with Crippen LogP contribution in [0.1, 0.15) is 20.7 Å². The van der Waals surface area contributed by atoms with E-state index in [-0.39, 0.29) is 0 Å². The molecule has 22 heavy (non-hydrogen) atoms. The van der Waals surface area contributed by atoms with E-state index in [1.807, 2.05) is 57.9 Å². The van der Waals surface area contributed by atoms with Crippen LogP contribution in [0, 0.1) is 0 Å². The van der Waals surface area contributed by atoms with Crippen LogP contribution in [0.25, 0.3) is 21.8 Å². The summed E-state index contributed by atoms with van der Waals surface area (Å²) in [6, 6.07) is 15.4. The average Bonchev–Trinajstić information content (AvgIpc) is 3.13. The topological polar surface area (TPSA) is 44.0 Å². The van der Waals surface area contributed by atoms with Crippen molar-refractivity contribution < 1.29 is 9.59 Å². The first-order valence-electron chi connectivity index (χ1n) is 6.94. The van der Waals surface area contributed by atoms with Gasteiger partial charge in [0.2, 0.25) is 0 Å². The second-order valence-corrected chi connectivity index (χ2v) is 5.13. The van der Waals surface area contributed by atoms with E-state index < -0.39 is 0 Å². The number of fused-ring (bicyclic) bond motifs is 2. The molecule has 2 aromatic heterocycles. The Morgan fingerprint density at radius 2 is 1.05 bits per heavy atom. The molecule has 4 rings (SSSR count). The van der Waals surface area contributed by atoms with Crippen molar-refractivity contribution in [1.29, 1.82) is 0 Å². The fraction of sp³-hybridized carbons (Fsp3) is 0. The molecular formula is C18H12N2O2. The van der Waals surface area contributed by atoms with Gasteiger partial charge in [0.1, 0.15) is 0 Å². The maximum atomic E-state index is 11.3. The van der Waals surface area contributed by atoms with E-state index in [4.69, 9.17) is 0 Å². The number of aromatic nitrogens is 2. The summed E-state index contributed by atoms with van der Waals surface area (Å²) < 4.78 is 3.79. The summed E-state index contributed by atoms with van der Waals surface area (Å²) in [6.45, 7) is 0. The van der Waals surface area contributed by atoms with Crippen molar-refractivity contribution in [1.82, 2.24) is 9.35 Å². The summed E-state index contributed by atoms with van der Waals surface area (Å²) in [7, 11) is 0. The Bertz CT molecular complexity index is 940. The Morgan fingerprint density at radius 1 is 0.636 bits per heavy atom. The minimum atomic E-state index is 0.626. The summed E-state index contributed by atoms with van der Waals surface area (Å²) in [4.78, 5) is 22.6. The number of carbonyl (C=O) groups is 2. The summed E-state index contributed by atoms with van der Waals surface area (Å²) in [5.41, 5.74) is 3.09. The molecule has 0 saturated heterocycles. The van der Waals surface area contributed by atoms with Crippen LogP contribution in [0.4, 0.5) is 0 Å². The van der Waals surface area contributed by atoms with Gasteiger partial charge in [0, 0.05) is 34.3 Å². The number of aldehydes is 2. The third-order valence-electron chi connectivity index (χ3n) is 3.93. The monoisotopic (exact) mass is 288 g/mol. The van der Waals surface area contributed by atoms with Crippen molar-refractivity contribution >= 4 is 34.4 Å². The first-order chi connectivity index (χ1) is 10.8. The normalized spacial score (nSPS) is 11.1. The number of rotatable bonds is 3. The van der Waals surface area contributed by atoms with Crippen molar-refractivity contribution in [3.63, 3.8) is 0 Å². The van der Waals surface area contributed by atoms with Crippen LogP contribution in [0.15, 0.2) is 60.9 Å². The smallest absolute Gasteiger partial charge is 0.152 e. The highest BCUT2D eigenvalue weighted by Gasteiger charge is 2.12. The predicted octanol–water partition coefficient (Wildman–Crippen LogP) is 3.53. The van der Waals surface area contributed by atoms with Crippen LogP contribution in [0.2, 0.25) is 0 Å². The summed E-state index contributed by atoms with van der Waals surface area (Å²) >= 11 is 0. The zero-order valence-corrected chi connectivity index (χ0v) is 11.6. The quantitative estimate of drug-likeness (QED) is 0.541. The third-order valence-corrected chi connectivity index (χ3v) is 3.93. The van der Waals surface area contributed by atoms with E-state index in [9.17, 15) is 9.59 Å². The molecule has 2 aromatic carbocycles. The zero-order valence-electron chi connectivity index (χ0n) is 11.6. The molecule has 106 valence electrons. The Labute approximate surface area is 126 Å². The molecule has 2 heterocycles. The molecule has 0 fully saturated rings. The standard InChI is InChI=1S/C18H12N2O2/c21-11-13-9-19(17-7-3-1-5-15(13)17)20-10-14(12-22)16-6-2-4-8-18(16)20/h1-12H. The number of para-hydroxylation sites is 2. The lowest BCUT2D eigenvalue weighted by atomic mass is 10.2. The molecule has 4 heteroatoms. The highest BCUT2D eigenvalue weighted by Crippen LogP contribution is 2.25. The Hall–Kier alpha value is -3.14. The van der Waals surface area contributed by atoms with Crippen molar-refractivity contribution in [2.45, 2.75) is 0 Å². The van der Waals surface area contributed by atoms with Crippen molar-refractivity contribution in [3.8, 4) is 0 Å². The zero-order chi connectivity index (χ0) is 15.1. The van der Waals surface area contributed by atoms with Gasteiger partial charge in [-0.05, 0) is 12.1 Å². The summed E-state index contributed by atoms with van der Waals surface area (Å²) in [5, 5.41) is 1.78. The molecule has 0 unspecified atom stereocenters. The summed E-state index contributed by atoms with van der Waals surface area (Å²) in [5.74, 6) is 0. The maximum absolute atomic E-state index is 11.3. The van der Waals surface area contributed by atoms with Crippen LogP contribution in [-0.2, 0) is 0 Å². The molecular weight excluding hydrogens is 276 g/mol. The Kier molecular flexibility index (Phi) is 2.69. The SMILES string of the molecule is O=Cc1cn(-n2cc(C=O)c3ccccc32)c2ccccc12. The van der Waals surface area contributed by atoms with Gasteiger partial charge in [-0.3, -0.25) is 18.9 Å². The van der Waals surface area contributed by atoms with E-state index in [2.05, 4.69) is 0 Å². The fourth-order valence-electron chi connectivity index (χ4n) is 2.92. The van der Waals surface area contributed by atoms with Crippen LogP contribution >= 0.6 is 0 Å². The number of carbonyl (C=O) groups excluding carboxylic acids is 2. The molecule has 0 saturated carbocycles. The number of hydrogen-bond acceptors (Lipinski definition) is 2. The van der Waals surface area contributed by atoms with Crippen molar-refractivity contribution in [3.05, 3.63) is 72.1 Å². The lowest BCUT2D eigenvalue weighted by Crippen LogP contribution is -2.05. The van der Waals surface area contributed by atoms with Gasteiger partial charge < -0.3 is 0 Å². The summed E-state index contributed by atoms with van der Waals surface area (Å²) in [6.07, 6.45) is 5.29. The molecule has 0 bridgehead atoms. The van der Waals surface area contributed by atoms with E-state index in [1.54, 1.807) is 12.4 Å². The third kappa shape index (κ3) is 1.64. The molecule has 0 aliphatic rings. The largest absolute Gasteiger partial charge is 0.298 e. The number of nitrogens with zero attached hydrogens (tertiary/aromatic N) is 2. The molecule has 0 aliphatic heterocycles.